The third kappa shape index (κ3) is 4.82. The molecule has 0 bridgehead atoms. The minimum Gasteiger partial charge on any atom is -0.338 e. The molecule has 1 N–H and O–H groups in total. The summed E-state index contributed by atoms with van der Waals surface area (Å²) in [5.41, 5.74) is 0.785. The molecule has 0 spiro atoms. The van der Waals surface area contributed by atoms with Crippen molar-refractivity contribution in [1.29, 1.82) is 0 Å². The monoisotopic (exact) mass is 571 g/mol. The second kappa shape index (κ2) is 9.94. The lowest BCUT2D eigenvalue weighted by Crippen LogP contribution is -2.54. The zero-order chi connectivity index (χ0) is 27.2. The molecule has 192 valence electrons. The Balaban J connectivity index is 1.63. The van der Waals surface area contributed by atoms with E-state index in [1.807, 2.05) is 22.8 Å². The van der Waals surface area contributed by atoms with Crippen LogP contribution in [0.5, 0.6) is 0 Å². The Morgan fingerprint density at radius 1 is 1.00 bits per heavy atom. The molecular weight excluding hydrogens is 555 g/mol. The first-order valence-electron chi connectivity index (χ1n) is 11.1. The van der Waals surface area contributed by atoms with Crippen LogP contribution in [-0.2, 0) is 22.8 Å². The molecule has 4 aromatic rings. The summed E-state index contributed by atoms with van der Waals surface area (Å²) in [5, 5.41) is 4.23. The highest BCUT2D eigenvalue weighted by molar-refractivity contribution is 7.99. The van der Waals surface area contributed by atoms with Gasteiger partial charge in [-0.15, -0.1) is 0 Å². The van der Waals surface area contributed by atoms with Crippen LogP contribution in [0.15, 0.2) is 88.3 Å². The van der Waals surface area contributed by atoms with Gasteiger partial charge in [0.15, 0.2) is 5.11 Å². The summed E-state index contributed by atoms with van der Waals surface area (Å²) in [6.45, 7) is 0. The summed E-state index contributed by atoms with van der Waals surface area (Å²) in [5.74, 6) is -1.31. The van der Waals surface area contributed by atoms with Gasteiger partial charge in [0.1, 0.15) is 5.57 Å². The topological polar surface area (TPSA) is 54.3 Å². The first kappa shape index (κ1) is 26.0. The first-order valence-corrected chi connectivity index (χ1v) is 12.7. The Kier molecular flexibility index (Phi) is 6.81. The molecule has 0 aliphatic carbocycles. The normalized spacial score (nSPS) is 15.4. The number of thiocarbonyl (C=S) groups is 1. The Hall–Kier alpha value is -3.60. The summed E-state index contributed by atoms with van der Waals surface area (Å²) in [7, 11) is 1.78. The van der Waals surface area contributed by atoms with Gasteiger partial charge in [-0.1, -0.05) is 47.6 Å². The molecule has 0 saturated carbocycles. The van der Waals surface area contributed by atoms with Crippen molar-refractivity contribution < 1.29 is 22.8 Å². The summed E-state index contributed by atoms with van der Waals surface area (Å²) in [4.78, 5) is 28.0. The Bertz CT molecular complexity index is 1650. The number of aryl methyl sites for hydroxylation is 1. The van der Waals surface area contributed by atoms with Crippen LogP contribution < -0.4 is 10.2 Å². The molecule has 1 aliphatic heterocycles. The largest absolute Gasteiger partial charge is 0.416 e. The zero-order valence-electron chi connectivity index (χ0n) is 19.5. The maximum absolute atomic E-state index is 13.5. The number of hydrogen-bond acceptors (Lipinski definition) is 4. The van der Waals surface area contributed by atoms with Crippen LogP contribution in [0, 0.1) is 0 Å². The van der Waals surface area contributed by atoms with Crippen LogP contribution in [0.2, 0.25) is 5.02 Å². The van der Waals surface area contributed by atoms with Crippen molar-refractivity contribution in [2.75, 3.05) is 4.90 Å². The highest BCUT2D eigenvalue weighted by atomic mass is 35.5. The highest BCUT2D eigenvalue weighted by Gasteiger charge is 2.35. The number of anilines is 1. The maximum atomic E-state index is 13.5. The van der Waals surface area contributed by atoms with Crippen molar-refractivity contribution in [2.45, 2.75) is 16.1 Å². The van der Waals surface area contributed by atoms with Gasteiger partial charge in [0.2, 0.25) is 0 Å². The summed E-state index contributed by atoms with van der Waals surface area (Å²) >= 11 is 12.3. The van der Waals surface area contributed by atoms with Crippen molar-refractivity contribution in [3.05, 3.63) is 94.5 Å². The van der Waals surface area contributed by atoms with Gasteiger partial charge in [0.25, 0.3) is 11.8 Å². The van der Waals surface area contributed by atoms with Crippen LogP contribution >= 0.6 is 35.6 Å². The fourth-order valence-corrected chi connectivity index (χ4v) is 5.61. The van der Waals surface area contributed by atoms with E-state index < -0.39 is 23.6 Å². The maximum Gasteiger partial charge on any atom is 0.416 e. The van der Waals surface area contributed by atoms with E-state index in [0.717, 1.165) is 34.8 Å². The number of rotatable bonds is 4. The molecule has 0 unspecified atom stereocenters. The van der Waals surface area contributed by atoms with Crippen LogP contribution in [0.4, 0.5) is 18.9 Å². The number of carbonyl (C=O) groups is 2. The minimum absolute atomic E-state index is 0.0732. The Morgan fingerprint density at radius 3 is 2.42 bits per heavy atom. The third-order valence-corrected chi connectivity index (χ3v) is 7.66. The van der Waals surface area contributed by atoms with Gasteiger partial charge in [-0.3, -0.25) is 19.8 Å². The number of halogens is 4. The molecule has 5 rings (SSSR count). The van der Waals surface area contributed by atoms with E-state index in [-0.39, 0.29) is 10.7 Å². The molecule has 2 heterocycles. The first-order chi connectivity index (χ1) is 18.0. The van der Waals surface area contributed by atoms with Gasteiger partial charge in [-0.2, -0.15) is 13.2 Å². The molecule has 5 nitrogen and oxygen atoms in total. The number of benzene rings is 3. The predicted octanol–water partition coefficient (Wildman–Crippen LogP) is 6.83. The number of fused-ring (bicyclic) bond motifs is 1. The zero-order valence-corrected chi connectivity index (χ0v) is 21.9. The fourth-order valence-electron chi connectivity index (χ4n) is 4.14. The van der Waals surface area contributed by atoms with Crippen molar-refractivity contribution in [3.63, 3.8) is 0 Å². The van der Waals surface area contributed by atoms with Crippen LogP contribution in [0.1, 0.15) is 11.1 Å². The van der Waals surface area contributed by atoms with Gasteiger partial charge in [-0.05, 0) is 66.8 Å². The number of aromatic nitrogens is 1. The summed E-state index contributed by atoms with van der Waals surface area (Å²) < 4.78 is 41.8. The highest BCUT2D eigenvalue weighted by Crippen LogP contribution is 2.40. The smallest absolute Gasteiger partial charge is 0.338 e. The molecule has 2 amide bonds. The molecule has 11 heteroatoms. The SMILES string of the molecule is Cn1c(Sc2cccc(C(F)(F)F)c2)c(/C=C2\C(=O)NC(=S)N(c3ccc(Cl)cc3)C2=O)c2ccccc21. The summed E-state index contributed by atoms with van der Waals surface area (Å²) in [6.07, 6.45) is -3.03. The lowest BCUT2D eigenvalue weighted by molar-refractivity contribution is -0.137. The number of hydrogen-bond donors (Lipinski definition) is 1. The lowest BCUT2D eigenvalue weighted by atomic mass is 10.1. The minimum atomic E-state index is -4.49. The van der Waals surface area contributed by atoms with Crippen LogP contribution in [0.25, 0.3) is 17.0 Å². The second-order valence-electron chi connectivity index (χ2n) is 8.36. The van der Waals surface area contributed by atoms with Gasteiger partial charge >= 0.3 is 6.18 Å². The average molecular weight is 572 g/mol. The average Bonchev–Trinajstić information content (AvgIpc) is 3.13. The lowest BCUT2D eigenvalue weighted by Gasteiger charge is -2.29. The van der Waals surface area contributed by atoms with E-state index >= 15 is 0 Å². The molecule has 38 heavy (non-hydrogen) atoms. The number of para-hydroxylation sites is 1. The van der Waals surface area contributed by atoms with E-state index in [4.69, 9.17) is 23.8 Å². The fraction of sp³-hybridized carbons (Fsp3) is 0.0741. The number of carbonyl (C=O) groups excluding carboxylic acids is 2. The number of nitrogens with one attached hydrogen (secondary N) is 1. The van der Waals surface area contributed by atoms with E-state index in [1.165, 1.54) is 17.0 Å². The number of nitrogens with zero attached hydrogens (tertiary/aromatic N) is 2. The van der Waals surface area contributed by atoms with Gasteiger partial charge in [0, 0.05) is 33.4 Å². The van der Waals surface area contributed by atoms with Crippen LogP contribution in [0.3, 0.4) is 0 Å². The van der Waals surface area contributed by atoms with Crippen molar-refractivity contribution in [1.82, 2.24) is 9.88 Å². The molecule has 0 atom stereocenters. The molecule has 1 aliphatic rings. The van der Waals surface area contributed by atoms with Crippen molar-refractivity contribution in [2.24, 2.45) is 7.05 Å². The van der Waals surface area contributed by atoms with Gasteiger partial charge < -0.3 is 4.57 Å². The number of alkyl halides is 3. The van der Waals surface area contributed by atoms with Gasteiger partial charge in [-0.25, -0.2) is 0 Å². The predicted molar refractivity (Wildman–Crippen MR) is 146 cm³/mol. The van der Waals surface area contributed by atoms with Gasteiger partial charge in [0.05, 0.1) is 16.3 Å². The summed E-state index contributed by atoms with van der Waals surface area (Å²) in [6, 6.07) is 18.7. The van der Waals surface area contributed by atoms with E-state index in [9.17, 15) is 22.8 Å². The molecule has 3 aromatic carbocycles. The second-order valence-corrected chi connectivity index (χ2v) is 10.2. The van der Waals surface area contributed by atoms with E-state index in [2.05, 4.69) is 5.32 Å². The van der Waals surface area contributed by atoms with E-state index in [1.54, 1.807) is 43.4 Å². The molecule has 1 saturated heterocycles. The van der Waals surface area contributed by atoms with E-state index in [0.29, 0.717) is 26.2 Å². The van der Waals surface area contributed by atoms with Crippen molar-refractivity contribution in [3.8, 4) is 0 Å². The molecule has 1 fully saturated rings. The Labute approximate surface area is 229 Å². The Morgan fingerprint density at radius 2 is 1.71 bits per heavy atom. The standard InChI is InChI=1S/C27H17ClF3N3O2S2/c1-33-22-8-3-2-7-19(22)20(25(33)38-18-6-4-5-15(13-18)27(29,30)31)14-21-23(35)32-26(37)34(24(21)36)17-11-9-16(28)10-12-17/h2-14H,1H3,(H,32,35,37)/b21-14+. The molecule has 0 radical (unpaired) electrons. The molecule has 1 aromatic heterocycles. The quantitative estimate of drug-likeness (QED) is 0.166. The van der Waals surface area contributed by atoms with Crippen molar-refractivity contribution >= 4 is 75.2 Å². The molecular formula is C27H17ClF3N3O2S2. The third-order valence-electron chi connectivity index (χ3n) is 5.94. The number of amides is 2. The van der Waals surface area contributed by atoms with Crippen LogP contribution in [-0.4, -0.2) is 21.5 Å².